The molecular formula is C12H12N2O2. The molecule has 82 valence electrons. The van der Waals surface area contributed by atoms with E-state index in [1.54, 1.807) is 30.2 Å². The molecule has 1 aliphatic rings. The summed E-state index contributed by atoms with van der Waals surface area (Å²) in [5.41, 5.74) is 1.35. The second-order valence-corrected chi connectivity index (χ2v) is 3.58. The topological polar surface area (TPSA) is 53.3 Å². The molecule has 16 heavy (non-hydrogen) atoms. The molecule has 1 atom stereocenters. The van der Waals surface area contributed by atoms with Gasteiger partial charge in [-0.15, -0.1) is 0 Å². The van der Waals surface area contributed by atoms with Crippen LogP contribution in [0, 0.1) is 11.3 Å². The second kappa shape index (κ2) is 3.86. The predicted octanol–water partition coefficient (Wildman–Crippen LogP) is 1.74. The number of nitriles is 1. The first-order valence-corrected chi connectivity index (χ1v) is 5.11. The lowest BCUT2D eigenvalue weighted by molar-refractivity contribution is 0.0767. The molecule has 1 aliphatic heterocycles. The summed E-state index contributed by atoms with van der Waals surface area (Å²) in [6.45, 7) is 2.40. The summed E-state index contributed by atoms with van der Waals surface area (Å²) in [4.78, 5) is 13.5. The number of methoxy groups -OCH3 is 1. The van der Waals surface area contributed by atoms with Crippen molar-refractivity contribution < 1.29 is 9.53 Å². The number of carbonyl (C=O) groups is 1. The smallest absolute Gasteiger partial charge is 0.255 e. The van der Waals surface area contributed by atoms with E-state index in [2.05, 4.69) is 6.07 Å². The van der Waals surface area contributed by atoms with E-state index in [1.807, 2.05) is 6.92 Å². The van der Waals surface area contributed by atoms with Gasteiger partial charge in [-0.25, -0.2) is 0 Å². The molecular weight excluding hydrogens is 204 g/mol. The number of rotatable bonds is 2. The second-order valence-electron chi connectivity index (χ2n) is 3.58. The number of carbonyl (C=O) groups excluding carboxylic acids is 1. The molecule has 0 saturated carbocycles. The van der Waals surface area contributed by atoms with Crippen molar-refractivity contribution in [3.05, 3.63) is 29.3 Å². The van der Waals surface area contributed by atoms with Gasteiger partial charge in [-0.2, -0.15) is 5.26 Å². The van der Waals surface area contributed by atoms with Crippen LogP contribution >= 0.6 is 0 Å². The van der Waals surface area contributed by atoms with Crippen molar-refractivity contribution in [1.82, 2.24) is 4.90 Å². The third-order valence-electron chi connectivity index (χ3n) is 2.82. The van der Waals surface area contributed by atoms with Gasteiger partial charge in [-0.1, -0.05) is 0 Å². The van der Waals surface area contributed by atoms with Crippen molar-refractivity contribution in [1.29, 1.82) is 5.26 Å². The molecule has 1 unspecified atom stereocenters. The van der Waals surface area contributed by atoms with Crippen LogP contribution < -0.4 is 4.74 Å². The largest absolute Gasteiger partial charge is 0.497 e. The van der Waals surface area contributed by atoms with Gasteiger partial charge in [0.1, 0.15) is 11.8 Å². The van der Waals surface area contributed by atoms with Crippen LogP contribution in [-0.2, 0) is 0 Å². The standard InChI is InChI=1S/C12H12N2O2/c1-3-14-11(7-13)10-6-8(16-2)4-5-9(10)12(14)15/h4-6,11H,3H2,1-2H3. The molecule has 1 heterocycles. The minimum Gasteiger partial charge on any atom is -0.497 e. The van der Waals surface area contributed by atoms with Crippen LogP contribution in [0.5, 0.6) is 5.75 Å². The molecule has 0 aromatic heterocycles. The lowest BCUT2D eigenvalue weighted by Crippen LogP contribution is -2.26. The maximum Gasteiger partial charge on any atom is 0.255 e. The third kappa shape index (κ3) is 1.33. The van der Waals surface area contributed by atoms with Gasteiger partial charge in [-0.3, -0.25) is 4.79 Å². The zero-order valence-corrected chi connectivity index (χ0v) is 9.23. The van der Waals surface area contributed by atoms with Gasteiger partial charge in [0.2, 0.25) is 0 Å². The minimum absolute atomic E-state index is 0.0771. The van der Waals surface area contributed by atoms with Crippen molar-refractivity contribution in [3.63, 3.8) is 0 Å². The SMILES string of the molecule is CCN1C(=O)c2ccc(OC)cc2C1C#N. The van der Waals surface area contributed by atoms with Gasteiger partial charge in [0, 0.05) is 17.7 Å². The summed E-state index contributed by atoms with van der Waals surface area (Å²) in [5.74, 6) is 0.594. The summed E-state index contributed by atoms with van der Waals surface area (Å²) in [5, 5.41) is 9.11. The van der Waals surface area contributed by atoms with E-state index in [4.69, 9.17) is 10.00 Å². The van der Waals surface area contributed by atoms with Gasteiger partial charge >= 0.3 is 0 Å². The van der Waals surface area contributed by atoms with Crippen LogP contribution in [-0.4, -0.2) is 24.5 Å². The normalized spacial score (nSPS) is 18.2. The van der Waals surface area contributed by atoms with Crippen molar-refractivity contribution in [2.24, 2.45) is 0 Å². The molecule has 0 radical (unpaired) electrons. The average Bonchev–Trinajstić information content (AvgIpc) is 2.60. The Morgan fingerprint density at radius 3 is 2.88 bits per heavy atom. The molecule has 1 aromatic carbocycles. The van der Waals surface area contributed by atoms with Crippen molar-refractivity contribution in [2.45, 2.75) is 13.0 Å². The van der Waals surface area contributed by atoms with Gasteiger partial charge in [-0.05, 0) is 25.1 Å². The Morgan fingerprint density at radius 1 is 1.56 bits per heavy atom. The average molecular weight is 216 g/mol. The molecule has 2 rings (SSSR count). The number of amides is 1. The van der Waals surface area contributed by atoms with Gasteiger partial charge in [0.15, 0.2) is 0 Å². The zero-order chi connectivity index (χ0) is 11.7. The highest BCUT2D eigenvalue weighted by Gasteiger charge is 2.35. The van der Waals surface area contributed by atoms with E-state index in [9.17, 15) is 4.79 Å². The lowest BCUT2D eigenvalue weighted by atomic mass is 10.1. The Bertz CT molecular complexity index is 476. The number of fused-ring (bicyclic) bond motifs is 1. The lowest BCUT2D eigenvalue weighted by Gasteiger charge is -2.17. The van der Waals surface area contributed by atoms with E-state index in [1.165, 1.54) is 0 Å². The summed E-state index contributed by atoms with van der Waals surface area (Å²) in [6, 6.07) is 6.89. The molecule has 0 fully saturated rings. The predicted molar refractivity (Wildman–Crippen MR) is 58.1 cm³/mol. The van der Waals surface area contributed by atoms with Gasteiger partial charge in [0.05, 0.1) is 13.2 Å². The molecule has 0 aliphatic carbocycles. The number of ether oxygens (including phenoxy) is 1. The molecule has 0 spiro atoms. The van der Waals surface area contributed by atoms with Crippen LogP contribution in [0.3, 0.4) is 0 Å². The minimum atomic E-state index is -0.484. The molecule has 0 saturated heterocycles. The fourth-order valence-electron chi connectivity index (χ4n) is 1.99. The van der Waals surface area contributed by atoms with Crippen molar-refractivity contribution in [2.75, 3.05) is 13.7 Å². The van der Waals surface area contributed by atoms with Crippen molar-refractivity contribution in [3.8, 4) is 11.8 Å². The number of hydrogen-bond donors (Lipinski definition) is 0. The third-order valence-corrected chi connectivity index (χ3v) is 2.82. The molecule has 1 aromatic rings. The Labute approximate surface area is 94.0 Å². The number of benzene rings is 1. The Kier molecular flexibility index (Phi) is 2.53. The van der Waals surface area contributed by atoms with E-state index >= 15 is 0 Å². The number of nitrogens with zero attached hydrogens (tertiary/aromatic N) is 2. The van der Waals surface area contributed by atoms with Crippen LogP contribution in [0.15, 0.2) is 18.2 Å². The van der Waals surface area contributed by atoms with Crippen LogP contribution in [0.4, 0.5) is 0 Å². The van der Waals surface area contributed by atoms with Crippen LogP contribution in [0.1, 0.15) is 28.9 Å². The molecule has 4 heteroatoms. The fraction of sp³-hybridized carbons (Fsp3) is 0.333. The maximum absolute atomic E-state index is 11.9. The molecule has 0 bridgehead atoms. The van der Waals surface area contributed by atoms with E-state index in [0.29, 0.717) is 17.9 Å². The summed E-state index contributed by atoms with van der Waals surface area (Å²) >= 11 is 0. The highest BCUT2D eigenvalue weighted by Crippen LogP contribution is 2.34. The van der Waals surface area contributed by atoms with Crippen LogP contribution in [0.25, 0.3) is 0 Å². The fourth-order valence-corrected chi connectivity index (χ4v) is 1.99. The first kappa shape index (κ1) is 10.5. The zero-order valence-electron chi connectivity index (χ0n) is 9.23. The quantitative estimate of drug-likeness (QED) is 0.756. The Balaban J connectivity index is 2.54. The summed E-state index contributed by atoms with van der Waals surface area (Å²) in [7, 11) is 1.57. The van der Waals surface area contributed by atoms with Crippen LogP contribution in [0.2, 0.25) is 0 Å². The summed E-state index contributed by atoms with van der Waals surface area (Å²) in [6.07, 6.45) is 0. The van der Waals surface area contributed by atoms with E-state index in [-0.39, 0.29) is 5.91 Å². The van der Waals surface area contributed by atoms with E-state index in [0.717, 1.165) is 5.56 Å². The maximum atomic E-state index is 11.9. The molecule has 0 N–H and O–H groups in total. The number of hydrogen-bond acceptors (Lipinski definition) is 3. The van der Waals surface area contributed by atoms with E-state index < -0.39 is 6.04 Å². The highest BCUT2D eigenvalue weighted by atomic mass is 16.5. The van der Waals surface area contributed by atoms with Crippen molar-refractivity contribution >= 4 is 5.91 Å². The Morgan fingerprint density at radius 2 is 2.31 bits per heavy atom. The highest BCUT2D eigenvalue weighted by molar-refractivity contribution is 5.99. The Hall–Kier alpha value is -2.02. The monoisotopic (exact) mass is 216 g/mol. The molecule has 4 nitrogen and oxygen atoms in total. The first-order chi connectivity index (χ1) is 7.72. The van der Waals surface area contributed by atoms with Gasteiger partial charge in [0.25, 0.3) is 5.91 Å². The summed E-state index contributed by atoms with van der Waals surface area (Å²) < 4.78 is 5.10. The first-order valence-electron chi connectivity index (χ1n) is 5.11. The molecule has 1 amide bonds. The van der Waals surface area contributed by atoms with Gasteiger partial charge < -0.3 is 9.64 Å².